The van der Waals surface area contributed by atoms with Gasteiger partial charge in [0, 0.05) is 0 Å². The molecule has 0 radical (unpaired) electrons. The van der Waals surface area contributed by atoms with Crippen LogP contribution in [0.2, 0.25) is 0 Å². The number of benzene rings is 1. The molecule has 0 saturated carbocycles. The predicted octanol–water partition coefficient (Wildman–Crippen LogP) is 2.15. The molecule has 1 aromatic rings. The van der Waals surface area contributed by atoms with Gasteiger partial charge in [0.25, 0.3) is 0 Å². The summed E-state index contributed by atoms with van der Waals surface area (Å²) in [7, 11) is 0. The number of carbonyl (C=O) groups is 1. The van der Waals surface area contributed by atoms with Gasteiger partial charge in [0.2, 0.25) is 0 Å². The number of hydrogen-bond donors (Lipinski definition) is 1. The molecule has 1 amide bonds. The van der Waals surface area contributed by atoms with E-state index in [1.807, 2.05) is 0 Å². The number of piperidine rings is 1. The van der Waals surface area contributed by atoms with Crippen LogP contribution in [0.4, 0.5) is 14.9 Å². The molecule has 0 bridgehead atoms. The molecule has 2 saturated heterocycles. The molecule has 3 rings (SSSR count). The van der Waals surface area contributed by atoms with E-state index in [4.69, 9.17) is 4.74 Å². The Morgan fingerprint density at radius 3 is 2.74 bits per heavy atom. The standard InChI is InChI=1S/C14H17FN2O2/c15-11-3-1-2-4-12(11)17-13(9-19-14(17)18)10-5-7-16-8-6-10/h1-4,10,13,16H,5-9H2. The van der Waals surface area contributed by atoms with Crippen molar-refractivity contribution in [2.45, 2.75) is 18.9 Å². The highest BCUT2D eigenvalue weighted by atomic mass is 19.1. The highest BCUT2D eigenvalue weighted by Gasteiger charge is 2.40. The van der Waals surface area contributed by atoms with Crippen LogP contribution >= 0.6 is 0 Å². The number of carbonyl (C=O) groups excluding carboxylic acids is 1. The second kappa shape index (κ2) is 5.17. The molecule has 102 valence electrons. The van der Waals surface area contributed by atoms with E-state index in [-0.39, 0.29) is 11.9 Å². The SMILES string of the molecule is O=C1OCC(C2CCNCC2)N1c1ccccc1F. The summed E-state index contributed by atoms with van der Waals surface area (Å²) in [6.07, 6.45) is 1.55. The fraction of sp³-hybridized carbons (Fsp3) is 0.500. The third kappa shape index (κ3) is 2.30. The number of amides is 1. The molecule has 2 aliphatic heterocycles. The molecule has 2 heterocycles. The molecule has 0 aliphatic carbocycles. The van der Waals surface area contributed by atoms with Gasteiger partial charge < -0.3 is 10.1 Å². The van der Waals surface area contributed by atoms with Crippen LogP contribution in [0.1, 0.15) is 12.8 Å². The molecule has 1 aromatic carbocycles. The first-order chi connectivity index (χ1) is 9.27. The summed E-state index contributed by atoms with van der Waals surface area (Å²) in [6, 6.07) is 6.33. The summed E-state index contributed by atoms with van der Waals surface area (Å²) in [5.41, 5.74) is 0.327. The third-order valence-corrected chi connectivity index (χ3v) is 3.95. The number of anilines is 1. The van der Waals surface area contributed by atoms with Crippen LogP contribution in [-0.2, 0) is 4.74 Å². The van der Waals surface area contributed by atoms with Gasteiger partial charge in [0.15, 0.2) is 0 Å². The minimum Gasteiger partial charge on any atom is -0.447 e. The van der Waals surface area contributed by atoms with E-state index in [0.717, 1.165) is 25.9 Å². The maximum atomic E-state index is 13.9. The van der Waals surface area contributed by atoms with E-state index in [0.29, 0.717) is 18.2 Å². The molecule has 1 N–H and O–H groups in total. The number of rotatable bonds is 2. The smallest absolute Gasteiger partial charge is 0.414 e. The van der Waals surface area contributed by atoms with Crippen LogP contribution in [0.15, 0.2) is 24.3 Å². The number of ether oxygens (including phenoxy) is 1. The largest absolute Gasteiger partial charge is 0.447 e. The van der Waals surface area contributed by atoms with Crippen molar-refractivity contribution in [1.29, 1.82) is 0 Å². The minimum atomic E-state index is -0.436. The van der Waals surface area contributed by atoms with Crippen molar-refractivity contribution < 1.29 is 13.9 Å². The number of hydrogen-bond acceptors (Lipinski definition) is 3. The lowest BCUT2D eigenvalue weighted by Crippen LogP contribution is -2.43. The maximum Gasteiger partial charge on any atom is 0.414 e. The Hall–Kier alpha value is -1.62. The number of halogens is 1. The van der Waals surface area contributed by atoms with Crippen molar-refractivity contribution in [3.8, 4) is 0 Å². The fourth-order valence-corrected chi connectivity index (χ4v) is 2.94. The third-order valence-electron chi connectivity index (χ3n) is 3.95. The second-order valence-corrected chi connectivity index (χ2v) is 5.05. The van der Waals surface area contributed by atoms with Crippen LogP contribution in [0.3, 0.4) is 0 Å². The Labute approximate surface area is 111 Å². The van der Waals surface area contributed by atoms with Crippen LogP contribution in [0.25, 0.3) is 0 Å². The van der Waals surface area contributed by atoms with Crippen LogP contribution in [0, 0.1) is 11.7 Å². The molecule has 4 nitrogen and oxygen atoms in total. The summed E-state index contributed by atoms with van der Waals surface area (Å²) < 4.78 is 19.0. The van der Waals surface area contributed by atoms with Gasteiger partial charge in [-0.05, 0) is 44.0 Å². The van der Waals surface area contributed by atoms with Crippen molar-refractivity contribution in [2.75, 3.05) is 24.6 Å². The normalized spacial score (nSPS) is 24.6. The summed E-state index contributed by atoms with van der Waals surface area (Å²) in [5, 5.41) is 3.30. The lowest BCUT2D eigenvalue weighted by atomic mass is 9.90. The molecule has 2 fully saturated rings. The van der Waals surface area contributed by atoms with Crippen molar-refractivity contribution in [3.63, 3.8) is 0 Å². The maximum absolute atomic E-state index is 13.9. The van der Waals surface area contributed by atoms with E-state index in [1.54, 1.807) is 18.2 Å². The van der Waals surface area contributed by atoms with E-state index >= 15 is 0 Å². The summed E-state index contributed by atoms with van der Waals surface area (Å²) in [4.78, 5) is 13.4. The highest BCUT2D eigenvalue weighted by molar-refractivity contribution is 5.90. The van der Waals surface area contributed by atoms with E-state index < -0.39 is 6.09 Å². The van der Waals surface area contributed by atoms with Crippen molar-refractivity contribution in [1.82, 2.24) is 5.32 Å². The number of nitrogens with zero attached hydrogens (tertiary/aromatic N) is 1. The second-order valence-electron chi connectivity index (χ2n) is 5.05. The Morgan fingerprint density at radius 1 is 1.26 bits per heavy atom. The molecular formula is C14H17FN2O2. The Kier molecular flexibility index (Phi) is 3.38. The molecule has 5 heteroatoms. The van der Waals surface area contributed by atoms with E-state index in [1.165, 1.54) is 11.0 Å². The topological polar surface area (TPSA) is 41.6 Å². The van der Waals surface area contributed by atoms with Crippen LogP contribution in [-0.4, -0.2) is 31.8 Å². The van der Waals surface area contributed by atoms with Gasteiger partial charge in [-0.15, -0.1) is 0 Å². The monoisotopic (exact) mass is 264 g/mol. The van der Waals surface area contributed by atoms with Gasteiger partial charge in [-0.1, -0.05) is 12.1 Å². The fourth-order valence-electron chi connectivity index (χ4n) is 2.94. The highest BCUT2D eigenvalue weighted by Crippen LogP contribution is 2.32. The average molecular weight is 264 g/mol. The number of nitrogens with one attached hydrogen (secondary N) is 1. The van der Waals surface area contributed by atoms with E-state index in [2.05, 4.69) is 5.32 Å². The zero-order valence-electron chi connectivity index (χ0n) is 10.6. The first kappa shape index (κ1) is 12.4. The molecule has 1 unspecified atom stereocenters. The van der Waals surface area contributed by atoms with Gasteiger partial charge in [0.1, 0.15) is 12.4 Å². The Morgan fingerprint density at radius 2 is 2.00 bits per heavy atom. The van der Waals surface area contributed by atoms with Gasteiger partial charge in [0.05, 0.1) is 11.7 Å². The molecule has 0 aromatic heterocycles. The first-order valence-corrected chi connectivity index (χ1v) is 6.68. The van der Waals surface area contributed by atoms with Gasteiger partial charge in [-0.3, -0.25) is 4.90 Å². The first-order valence-electron chi connectivity index (χ1n) is 6.68. The zero-order valence-corrected chi connectivity index (χ0v) is 10.6. The lowest BCUT2D eigenvalue weighted by molar-refractivity contribution is 0.174. The van der Waals surface area contributed by atoms with Crippen LogP contribution < -0.4 is 10.2 Å². The van der Waals surface area contributed by atoms with Crippen molar-refractivity contribution in [2.24, 2.45) is 5.92 Å². The zero-order chi connectivity index (χ0) is 13.2. The summed E-state index contributed by atoms with van der Waals surface area (Å²) in [6.45, 7) is 2.25. The lowest BCUT2D eigenvalue weighted by Gasteiger charge is -2.32. The summed E-state index contributed by atoms with van der Waals surface area (Å²) >= 11 is 0. The van der Waals surface area contributed by atoms with Gasteiger partial charge in [-0.25, -0.2) is 9.18 Å². The van der Waals surface area contributed by atoms with Crippen molar-refractivity contribution >= 4 is 11.8 Å². The molecule has 0 spiro atoms. The van der Waals surface area contributed by atoms with Crippen molar-refractivity contribution in [3.05, 3.63) is 30.1 Å². The number of para-hydroxylation sites is 1. The molecule has 1 atom stereocenters. The van der Waals surface area contributed by atoms with E-state index in [9.17, 15) is 9.18 Å². The minimum absolute atomic E-state index is 0.0495. The predicted molar refractivity (Wildman–Crippen MR) is 69.6 cm³/mol. The van der Waals surface area contributed by atoms with Gasteiger partial charge >= 0.3 is 6.09 Å². The molecule has 19 heavy (non-hydrogen) atoms. The average Bonchev–Trinajstić information content (AvgIpc) is 2.82. The number of cyclic esters (lactones) is 1. The van der Waals surface area contributed by atoms with Crippen LogP contribution in [0.5, 0.6) is 0 Å². The Bertz CT molecular complexity index is 474. The Balaban J connectivity index is 1.88. The summed E-state index contributed by atoms with van der Waals surface area (Å²) in [5.74, 6) is -0.00686. The van der Waals surface area contributed by atoms with Gasteiger partial charge in [-0.2, -0.15) is 0 Å². The molecule has 2 aliphatic rings. The molecular weight excluding hydrogens is 247 g/mol. The quantitative estimate of drug-likeness (QED) is 0.890.